The van der Waals surface area contributed by atoms with Crippen molar-refractivity contribution in [2.24, 2.45) is 4.99 Å². The zero-order valence-corrected chi connectivity index (χ0v) is 13.9. The normalized spacial score (nSPS) is 17.4. The van der Waals surface area contributed by atoms with Crippen LogP contribution in [0.1, 0.15) is 31.2 Å². The number of guanidine groups is 1. The molecule has 22 heavy (non-hydrogen) atoms. The molecule has 2 rings (SSSR count). The van der Waals surface area contributed by atoms with Gasteiger partial charge in [-0.2, -0.15) is 0 Å². The highest BCUT2D eigenvalue weighted by molar-refractivity contribution is 7.99. The van der Waals surface area contributed by atoms with Crippen LogP contribution in [-0.4, -0.2) is 38.0 Å². The van der Waals surface area contributed by atoms with Gasteiger partial charge in [0, 0.05) is 17.4 Å². The summed E-state index contributed by atoms with van der Waals surface area (Å²) in [5.41, 5.74) is 1.29. The fraction of sp³-hybridized carbons (Fsp3) is 0.500. The molecule has 0 aliphatic carbocycles. The Bertz CT molecular complexity index is 534. The van der Waals surface area contributed by atoms with Crippen LogP contribution in [0, 0.1) is 0 Å². The summed E-state index contributed by atoms with van der Waals surface area (Å²) >= 11 is 1.91. The van der Waals surface area contributed by atoms with E-state index >= 15 is 0 Å². The average molecular weight is 321 g/mol. The Morgan fingerprint density at radius 3 is 3.09 bits per heavy atom. The smallest absolute Gasteiger partial charge is 0.413 e. The minimum atomic E-state index is -0.501. The number of unbranched alkanes of at least 4 members (excludes halogenated alkanes) is 1. The van der Waals surface area contributed by atoms with Crippen LogP contribution in [-0.2, 0) is 4.74 Å². The first-order valence-electron chi connectivity index (χ1n) is 7.59. The van der Waals surface area contributed by atoms with Crippen LogP contribution in [0.15, 0.2) is 34.2 Å². The van der Waals surface area contributed by atoms with Crippen molar-refractivity contribution in [3.8, 4) is 0 Å². The first kappa shape index (κ1) is 16.7. The lowest BCUT2D eigenvalue weighted by molar-refractivity contribution is 0.176. The average Bonchev–Trinajstić information content (AvgIpc) is 2.56. The molecular formula is C16H23N3O2S. The van der Waals surface area contributed by atoms with Crippen molar-refractivity contribution >= 4 is 23.8 Å². The van der Waals surface area contributed by atoms with Gasteiger partial charge in [0.2, 0.25) is 5.96 Å². The second kappa shape index (κ2) is 8.68. The second-order valence-electron chi connectivity index (χ2n) is 5.16. The predicted molar refractivity (Wildman–Crippen MR) is 90.7 cm³/mol. The van der Waals surface area contributed by atoms with E-state index in [1.165, 1.54) is 30.4 Å². The molecule has 2 N–H and O–H groups in total. The Morgan fingerprint density at radius 2 is 2.41 bits per heavy atom. The fourth-order valence-electron chi connectivity index (χ4n) is 2.19. The van der Waals surface area contributed by atoms with E-state index in [4.69, 9.17) is 0 Å². The number of hydrogen-bond acceptors (Lipinski definition) is 5. The van der Waals surface area contributed by atoms with E-state index in [1.54, 1.807) is 0 Å². The maximum Gasteiger partial charge on any atom is 0.413 e. The molecule has 1 heterocycles. The van der Waals surface area contributed by atoms with Gasteiger partial charge < -0.3 is 10.1 Å². The van der Waals surface area contributed by atoms with E-state index in [0.717, 1.165) is 12.3 Å². The maximum absolute atomic E-state index is 11.1. The molecule has 0 aromatic heterocycles. The fourth-order valence-corrected chi connectivity index (χ4v) is 3.25. The standard InChI is InChI=1S/C16H23N3O2S/c1-3-4-8-22-14-7-5-6-12(9-14)13-10-17-15(18-11-13)19-16(20)21-2/h5-7,9,13H,3-4,8,10-11H2,1-2H3,(H2,17,18,19,20). The molecule has 0 spiro atoms. The van der Waals surface area contributed by atoms with Gasteiger partial charge in [0.25, 0.3) is 0 Å². The molecule has 0 radical (unpaired) electrons. The van der Waals surface area contributed by atoms with E-state index in [9.17, 15) is 4.79 Å². The van der Waals surface area contributed by atoms with Crippen molar-refractivity contribution in [1.82, 2.24) is 10.6 Å². The van der Waals surface area contributed by atoms with Crippen LogP contribution in [0.25, 0.3) is 0 Å². The van der Waals surface area contributed by atoms with Crippen molar-refractivity contribution in [3.63, 3.8) is 0 Å². The van der Waals surface area contributed by atoms with Crippen LogP contribution in [0.5, 0.6) is 0 Å². The zero-order valence-electron chi connectivity index (χ0n) is 13.1. The van der Waals surface area contributed by atoms with Crippen molar-refractivity contribution in [2.45, 2.75) is 30.6 Å². The topological polar surface area (TPSA) is 62.7 Å². The minimum absolute atomic E-state index is 0.329. The number of carbonyl (C=O) groups is 1. The lowest BCUT2D eigenvalue weighted by Gasteiger charge is -2.23. The highest BCUT2D eigenvalue weighted by atomic mass is 32.2. The quantitative estimate of drug-likeness (QED) is 0.646. The zero-order chi connectivity index (χ0) is 15.8. The van der Waals surface area contributed by atoms with E-state index in [1.807, 2.05) is 11.8 Å². The molecule has 1 aromatic rings. The summed E-state index contributed by atoms with van der Waals surface area (Å²) in [6, 6.07) is 8.66. The second-order valence-corrected chi connectivity index (χ2v) is 6.33. The number of alkyl carbamates (subject to hydrolysis) is 1. The summed E-state index contributed by atoms with van der Waals surface area (Å²) in [5, 5.41) is 5.70. The van der Waals surface area contributed by atoms with Crippen LogP contribution >= 0.6 is 11.8 Å². The highest BCUT2D eigenvalue weighted by Gasteiger charge is 2.18. The van der Waals surface area contributed by atoms with Gasteiger partial charge in [0.1, 0.15) is 0 Å². The number of rotatable bonds is 5. The summed E-state index contributed by atoms with van der Waals surface area (Å²) in [4.78, 5) is 16.8. The first-order valence-corrected chi connectivity index (χ1v) is 8.57. The highest BCUT2D eigenvalue weighted by Crippen LogP contribution is 2.25. The Morgan fingerprint density at radius 1 is 1.55 bits per heavy atom. The molecule has 0 saturated heterocycles. The van der Waals surface area contributed by atoms with E-state index in [0.29, 0.717) is 18.4 Å². The van der Waals surface area contributed by atoms with Gasteiger partial charge in [0.15, 0.2) is 0 Å². The number of ether oxygens (including phenoxy) is 1. The third-order valence-electron chi connectivity index (χ3n) is 3.49. The van der Waals surface area contributed by atoms with Crippen molar-refractivity contribution in [3.05, 3.63) is 29.8 Å². The molecule has 120 valence electrons. The molecule has 0 bridgehead atoms. The van der Waals surface area contributed by atoms with Gasteiger partial charge in [-0.25, -0.2) is 4.79 Å². The number of methoxy groups -OCH3 is 1. The predicted octanol–water partition coefficient (Wildman–Crippen LogP) is 2.98. The lowest BCUT2D eigenvalue weighted by atomic mass is 9.98. The molecule has 1 unspecified atom stereocenters. The van der Waals surface area contributed by atoms with Gasteiger partial charge >= 0.3 is 6.09 Å². The third kappa shape index (κ3) is 4.94. The van der Waals surface area contributed by atoms with Crippen molar-refractivity contribution in [1.29, 1.82) is 0 Å². The monoisotopic (exact) mass is 321 g/mol. The van der Waals surface area contributed by atoms with Crippen LogP contribution in [0.2, 0.25) is 0 Å². The number of carbonyl (C=O) groups excluding carboxylic acids is 1. The molecular weight excluding hydrogens is 298 g/mol. The molecule has 1 amide bonds. The van der Waals surface area contributed by atoms with Gasteiger partial charge in [-0.15, -0.1) is 11.8 Å². The number of thioether (sulfide) groups is 1. The molecule has 1 aliphatic heterocycles. The van der Waals surface area contributed by atoms with Crippen LogP contribution < -0.4 is 10.6 Å². The molecule has 1 aliphatic rings. The van der Waals surface area contributed by atoms with Gasteiger partial charge in [0.05, 0.1) is 13.7 Å². The van der Waals surface area contributed by atoms with E-state index in [2.05, 4.69) is 51.6 Å². The summed E-state index contributed by atoms with van der Waals surface area (Å²) in [7, 11) is 1.34. The summed E-state index contributed by atoms with van der Waals surface area (Å²) in [5.74, 6) is 1.97. The number of amides is 1. The number of benzene rings is 1. The Hall–Kier alpha value is -1.69. The Kier molecular flexibility index (Phi) is 6.58. The SMILES string of the molecule is CCCCSc1cccc(C2CN=C(NC(=O)OC)NC2)c1. The summed E-state index contributed by atoms with van der Waals surface area (Å²) in [6.45, 7) is 3.63. The van der Waals surface area contributed by atoms with E-state index < -0.39 is 6.09 Å². The van der Waals surface area contributed by atoms with Gasteiger partial charge in [-0.1, -0.05) is 25.5 Å². The Labute approximate surface area is 135 Å². The number of nitrogens with zero attached hydrogens (tertiary/aromatic N) is 1. The molecule has 0 fully saturated rings. The van der Waals surface area contributed by atoms with Gasteiger partial charge in [-0.05, 0) is 29.9 Å². The summed E-state index contributed by atoms with van der Waals surface area (Å²) < 4.78 is 4.55. The molecule has 1 atom stereocenters. The Balaban J connectivity index is 1.93. The van der Waals surface area contributed by atoms with Crippen molar-refractivity contribution < 1.29 is 9.53 Å². The van der Waals surface area contributed by atoms with Crippen LogP contribution in [0.4, 0.5) is 4.79 Å². The minimum Gasteiger partial charge on any atom is -0.453 e. The summed E-state index contributed by atoms with van der Waals surface area (Å²) in [6.07, 6.45) is 1.97. The molecule has 5 nitrogen and oxygen atoms in total. The number of hydrogen-bond donors (Lipinski definition) is 2. The van der Waals surface area contributed by atoms with Crippen LogP contribution in [0.3, 0.4) is 0 Å². The largest absolute Gasteiger partial charge is 0.453 e. The molecule has 1 aromatic carbocycles. The maximum atomic E-state index is 11.1. The lowest BCUT2D eigenvalue weighted by Crippen LogP contribution is -2.45. The van der Waals surface area contributed by atoms with E-state index in [-0.39, 0.29) is 0 Å². The number of aliphatic imine (C=N–C) groups is 1. The third-order valence-corrected chi connectivity index (χ3v) is 4.57. The first-order chi connectivity index (χ1) is 10.7. The van der Waals surface area contributed by atoms with Gasteiger partial charge in [-0.3, -0.25) is 10.3 Å². The molecule has 6 heteroatoms. The molecule has 0 saturated carbocycles. The number of nitrogens with one attached hydrogen (secondary N) is 2. The van der Waals surface area contributed by atoms with Crippen molar-refractivity contribution in [2.75, 3.05) is 26.0 Å².